The molecular weight excluding hydrogens is 580 g/mol. The van der Waals surface area contributed by atoms with Crippen molar-refractivity contribution in [3.8, 4) is 0 Å². The first-order valence-corrected chi connectivity index (χ1v) is 17.9. The Kier molecular flexibility index (Phi) is 9.12. The van der Waals surface area contributed by atoms with Crippen LogP contribution < -0.4 is 0 Å². The molecule has 1 heterocycles. The van der Waals surface area contributed by atoms with Gasteiger partial charge in [-0.3, -0.25) is 4.18 Å². The zero-order valence-electron chi connectivity index (χ0n) is 26.5. The van der Waals surface area contributed by atoms with E-state index >= 15 is 0 Å². The summed E-state index contributed by atoms with van der Waals surface area (Å²) in [5.41, 5.74) is 1.72. The summed E-state index contributed by atoms with van der Waals surface area (Å²) >= 11 is 0. The predicted molar refractivity (Wildman–Crippen MR) is 166 cm³/mol. The van der Waals surface area contributed by atoms with Gasteiger partial charge in [0.2, 0.25) is 0 Å². The molecule has 44 heavy (non-hydrogen) atoms. The summed E-state index contributed by atoms with van der Waals surface area (Å²) in [6.45, 7) is 7.09. The maximum atomic E-state index is 12.4. The van der Waals surface area contributed by atoms with Crippen LogP contribution in [0.25, 0.3) is 0 Å². The summed E-state index contributed by atoms with van der Waals surface area (Å²) in [5, 5.41) is 22.6. The molecule has 1 aromatic carbocycles. The predicted octanol–water partition coefficient (Wildman–Crippen LogP) is 6.00. The number of benzene rings is 1. The van der Waals surface area contributed by atoms with E-state index in [9.17, 15) is 18.6 Å². The molecule has 244 valence electrons. The van der Waals surface area contributed by atoms with Crippen molar-refractivity contribution in [2.24, 2.45) is 28.6 Å². The molecule has 0 bridgehead atoms. The van der Waals surface area contributed by atoms with E-state index in [0.29, 0.717) is 36.9 Å². The van der Waals surface area contributed by atoms with Gasteiger partial charge >= 0.3 is 0 Å². The van der Waals surface area contributed by atoms with Gasteiger partial charge in [-0.25, -0.2) is 0 Å². The summed E-state index contributed by atoms with van der Waals surface area (Å²) in [4.78, 5) is 0.0667. The highest BCUT2D eigenvalue weighted by Gasteiger charge is 2.67. The second kappa shape index (κ2) is 12.5. The third kappa shape index (κ3) is 5.82. The van der Waals surface area contributed by atoms with E-state index in [-0.39, 0.29) is 35.0 Å². The number of aliphatic hydroxyl groups is 2. The minimum Gasteiger partial charge on any atom is -0.472 e. The molecule has 0 amide bonds. The van der Waals surface area contributed by atoms with Crippen LogP contribution in [0.15, 0.2) is 52.2 Å². The standard InChI is InChI=1S/C35H50O8S/c1-24-4-7-29(8-5-24)44(38,39)43-23-27(36)22-41-18-19-42-28-10-14-33(2)26(20-28)6-9-32-31(33)11-15-34(3)30(12-16-35(32,34)37)25-13-17-40-21-25/h4-5,7-8,13,17,21,26-28,30-32,36-37H,6,9-12,14-16,18-20,22-23H2,1-3H3/t26-,27?,28+,30-,31+,32-,33+,34-,35-/m1/s1. The van der Waals surface area contributed by atoms with Crippen LogP contribution in [0.5, 0.6) is 0 Å². The second-order valence-electron chi connectivity index (χ2n) is 14.6. The molecule has 1 unspecified atom stereocenters. The molecular formula is C35H50O8S. The van der Waals surface area contributed by atoms with Crippen LogP contribution in [-0.4, -0.2) is 62.9 Å². The number of rotatable bonds is 11. The van der Waals surface area contributed by atoms with Crippen molar-refractivity contribution < 1.29 is 36.7 Å². The molecule has 1 aromatic heterocycles. The second-order valence-corrected chi connectivity index (χ2v) is 16.2. The lowest BCUT2D eigenvalue weighted by atomic mass is 9.43. The quantitative estimate of drug-likeness (QED) is 0.230. The van der Waals surface area contributed by atoms with Gasteiger partial charge in [-0.1, -0.05) is 31.5 Å². The van der Waals surface area contributed by atoms with Crippen LogP contribution in [0.1, 0.15) is 88.7 Å². The molecule has 4 aliphatic rings. The van der Waals surface area contributed by atoms with Crippen LogP contribution in [0.4, 0.5) is 0 Å². The average molecular weight is 631 g/mol. The van der Waals surface area contributed by atoms with Crippen LogP contribution in [0.3, 0.4) is 0 Å². The molecule has 4 fully saturated rings. The number of aryl methyl sites for hydroxylation is 1. The number of furan rings is 1. The molecule has 0 saturated heterocycles. The average Bonchev–Trinajstić information content (AvgIpc) is 3.62. The SMILES string of the molecule is Cc1ccc(S(=O)(=O)OCC(O)COCCO[C@H]2CC[C@@]3(C)[C@H](CC[C@@H]4[C@@H]3CC[C@]3(C)[C@@H](c5ccoc5)CC[C@@]43O)C2)cc1. The largest absolute Gasteiger partial charge is 0.472 e. The smallest absolute Gasteiger partial charge is 0.297 e. The van der Waals surface area contributed by atoms with E-state index in [2.05, 4.69) is 19.9 Å². The highest BCUT2D eigenvalue weighted by Crippen LogP contribution is 2.70. The topological polar surface area (TPSA) is 115 Å². The number of fused-ring (bicyclic) bond motifs is 5. The molecule has 0 radical (unpaired) electrons. The fraction of sp³-hybridized carbons (Fsp3) is 0.714. The van der Waals surface area contributed by atoms with Gasteiger partial charge in [0, 0.05) is 5.41 Å². The number of hydrogen-bond acceptors (Lipinski definition) is 8. The Bertz CT molecular complexity index is 1360. The van der Waals surface area contributed by atoms with E-state index in [1.165, 1.54) is 24.1 Å². The molecule has 9 heteroatoms. The van der Waals surface area contributed by atoms with E-state index in [0.717, 1.165) is 56.9 Å². The van der Waals surface area contributed by atoms with Crippen molar-refractivity contribution in [2.45, 2.75) is 107 Å². The van der Waals surface area contributed by atoms with Gasteiger partial charge in [-0.05, 0) is 118 Å². The van der Waals surface area contributed by atoms with Crippen LogP contribution in [0, 0.1) is 35.5 Å². The van der Waals surface area contributed by atoms with Gasteiger partial charge in [0.05, 0.1) is 55.6 Å². The summed E-state index contributed by atoms with van der Waals surface area (Å²) in [7, 11) is -3.92. The van der Waals surface area contributed by atoms with Gasteiger partial charge in [0.1, 0.15) is 6.10 Å². The fourth-order valence-corrected chi connectivity index (χ4v) is 10.8. The van der Waals surface area contributed by atoms with Crippen LogP contribution in [0.2, 0.25) is 0 Å². The lowest BCUT2D eigenvalue weighted by molar-refractivity contribution is -0.207. The third-order valence-electron chi connectivity index (χ3n) is 12.4. The molecule has 0 aliphatic heterocycles. The van der Waals surface area contributed by atoms with E-state index < -0.39 is 21.8 Å². The van der Waals surface area contributed by atoms with Crippen LogP contribution in [-0.2, 0) is 23.8 Å². The zero-order chi connectivity index (χ0) is 31.2. The van der Waals surface area contributed by atoms with Gasteiger partial charge in [-0.15, -0.1) is 0 Å². The maximum absolute atomic E-state index is 12.4. The molecule has 9 atom stereocenters. The third-order valence-corrected chi connectivity index (χ3v) is 13.7. The Hall–Kier alpha value is -1.75. The Labute approximate surface area is 262 Å². The lowest BCUT2D eigenvalue weighted by Gasteiger charge is -2.63. The highest BCUT2D eigenvalue weighted by molar-refractivity contribution is 7.86. The summed E-state index contributed by atoms with van der Waals surface area (Å²) in [6, 6.07) is 8.49. The zero-order valence-corrected chi connectivity index (χ0v) is 27.3. The molecule has 2 aromatic rings. The van der Waals surface area contributed by atoms with Crippen LogP contribution >= 0.6 is 0 Å². The first-order valence-electron chi connectivity index (χ1n) is 16.5. The van der Waals surface area contributed by atoms with Gasteiger partial charge in [-0.2, -0.15) is 8.42 Å². The molecule has 2 N–H and O–H groups in total. The van der Waals surface area contributed by atoms with Crippen molar-refractivity contribution in [1.29, 1.82) is 0 Å². The summed E-state index contributed by atoms with van der Waals surface area (Å²) in [5.74, 6) is 1.86. The maximum Gasteiger partial charge on any atom is 0.297 e. The summed E-state index contributed by atoms with van der Waals surface area (Å²) < 4.78 is 46.9. The molecule has 6 rings (SSSR count). The Morgan fingerprint density at radius 3 is 2.50 bits per heavy atom. The fourth-order valence-electron chi connectivity index (χ4n) is 9.83. The number of hydrogen-bond donors (Lipinski definition) is 2. The van der Waals surface area contributed by atoms with E-state index in [1.807, 2.05) is 13.2 Å². The first-order chi connectivity index (χ1) is 21.0. The van der Waals surface area contributed by atoms with Gasteiger partial charge in [0.25, 0.3) is 10.1 Å². The van der Waals surface area contributed by atoms with Crippen molar-refractivity contribution in [3.05, 3.63) is 54.0 Å². The van der Waals surface area contributed by atoms with Crippen molar-refractivity contribution in [1.82, 2.24) is 0 Å². The van der Waals surface area contributed by atoms with E-state index in [1.54, 1.807) is 18.4 Å². The Morgan fingerprint density at radius 2 is 1.75 bits per heavy atom. The van der Waals surface area contributed by atoms with E-state index in [4.69, 9.17) is 18.1 Å². The highest BCUT2D eigenvalue weighted by atomic mass is 32.2. The molecule has 4 aliphatic carbocycles. The Morgan fingerprint density at radius 1 is 0.955 bits per heavy atom. The minimum atomic E-state index is -3.92. The number of ether oxygens (including phenoxy) is 2. The summed E-state index contributed by atoms with van der Waals surface area (Å²) in [6.07, 6.45) is 12.4. The van der Waals surface area contributed by atoms with Crippen molar-refractivity contribution >= 4 is 10.1 Å². The molecule has 4 saturated carbocycles. The number of aliphatic hydroxyl groups excluding tert-OH is 1. The minimum absolute atomic E-state index is 0.0233. The van der Waals surface area contributed by atoms with Crippen molar-refractivity contribution in [2.75, 3.05) is 26.4 Å². The normalized spacial score (nSPS) is 37.6. The first kappa shape index (κ1) is 32.2. The van der Waals surface area contributed by atoms with Gasteiger partial charge in [0.15, 0.2) is 0 Å². The Balaban J connectivity index is 0.946. The lowest BCUT2D eigenvalue weighted by Crippen LogP contribution is -2.62. The van der Waals surface area contributed by atoms with Crippen molar-refractivity contribution in [3.63, 3.8) is 0 Å². The monoisotopic (exact) mass is 630 g/mol. The molecule has 8 nitrogen and oxygen atoms in total. The molecule has 0 spiro atoms. The van der Waals surface area contributed by atoms with Gasteiger partial charge < -0.3 is 24.1 Å².